The van der Waals surface area contributed by atoms with Gasteiger partial charge in [-0.05, 0) is 25.4 Å². The Labute approximate surface area is 205 Å². The van der Waals surface area contributed by atoms with Gasteiger partial charge < -0.3 is 20.9 Å². The van der Waals surface area contributed by atoms with E-state index in [0.717, 1.165) is 30.1 Å². The second-order valence-corrected chi connectivity index (χ2v) is 9.46. The number of pyridine rings is 1. The van der Waals surface area contributed by atoms with Gasteiger partial charge in [0.15, 0.2) is 5.01 Å². The highest BCUT2D eigenvalue weighted by atomic mass is 35.5. The van der Waals surface area contributed by atoms with Crippen molar-refractivity contribution >= 4 is 70.6 Å². The van der Waals surface area contributed by atoms with Gasteiger partial charge >= 0.3 is 11.8 Å². The van der Waals surface area contributed by atoms with Crippen LogP contribution in [0.1, 0.15) is 20.4 Å². The van der Waals surface area contributed by atoms with Crippen LogP contribution in [0.15, 0.2) is 18.3 Å². The van der Waals surface area contributed by atoms with Gasteiger partial charge in [0.25, 0.3) is 5.91 Å². The minimum Gasteiger partial charge on any atom is -0.346 e. The van der Waals surface area contributed by atoms with Crippen molar-refractivity contribution in [3.63, 3.8) is 0 Å². The third-order valence-electron chi connectivity index (χ3n) is 4.50. The van der Waals surface area contributed by atoms with E-state index in [2.05, 4.69) is 30.8 Å². The van der Waals surface area contributed by atoms with E-state index in [1.807, 2.05) is 13.3 Å². The van der Waals surface area contributed by atoms with Crippen LogP contribution in [-0.2, 0) is 22.6 Å². The molecule has 1 aliphatic rings. The molecule has 0 bridgehead atoms. The van der Waals surface area contributed by atoms with E-state index in [0.29, 0.717) is 15.8 Å². The smallest absolute Gasteiger partial charge is 0.314 e. The van der Waals surface area contributed by atoms with Gasteiger partial charge in [-0.1, -0.05) is 11.6 Å². The van der Waals surface area contributed by atoms with E-state index in [1.165, 1.54) is 35.4 Å². The summed E-state index contributed by atoms with van der Waals surface area (Å²) in [7, 11) is 2.04. The topological polar surface area (TPSA) is 116 Å². The number of hydrogen-bond acceptors (Lipinski definition) is 8. The van der Waals surface area contributed by atoms with Crippen molar-refractivity contribution in [3.8, 4) is 0 Å². The Bertz CT molecular complexity index is 957. The second-order valence-electron chi connectivity index (χ2n) is 7.03. The van der Waals surface area contributed by atoms with Crippen LogP contribution in [0, 0.1) is 0 Å². The molecule has 32 heavy (non-hydrogen) atoms. The standard InChI is InChI=1S/C19H23ClN6O3S2.ClH/c1-26-6-5-13-14(9-26)31-19(24-13)18(29)23-12(10-30-2)8-22-16(27)17(28)25-15-4-3-11(20)7-21-15;/h3-4,7,12H,5-6,8-10H2,1-2H3,(H,22,27)(H,23,29)(H,21,25,28);1H/t12-;/m0./s1. The molecule has 0 saturated carbocycles. The molecule has 0 unspecified atom stereocenters. The van der Waals surface area contributed by atoms with Crippen molar-refractivity contribution in [3.05, 3.63) is 38.9 Å². The van der Waals surface area contributed by atoms with Crippen LogP contribution < -0.4 is 16.0 Å². The Kier molecular flexibility index (Phi) is 10.2. The molecule has 2 aromatic heterocycles. The zero-order chi connectivity index (χ0) is 22.4. The number of likely N-dealkylation sites (N-methyl/N-ethyl adjacent to an activating group) is 1. The molecule has 3 heterocycles. The fourth-order valence-electron chi connectivity index (χ4n) is 2.94. The van der Waals surface area contributed by atoms with Crippen LogP contribution in [0.5, 0.6) is 0 Å². The summed E-state index contributed by atoms with van der Waals surface area (Å²) in [5.41, 5.74) is 0.982. The molecule has 2 aromatic rings. The van der Waals surface area contributed by atoms with Gasteiger partial charge in [0, 0.05) is 42.9 Å². The molecule has 0 fully saturated rings. The number of thioether (sulfide) groups is 1. The number of thiazole rings is 1. The number of carbonyl (C=O) groups excluding carboxylic acids is 3. The van der Waals surface area contributed by atoms with Crippen LogP contribution in [0.4, 0.5) is 5.82 Å². The van der Waals surface area contributed by atoms with Gasteiger partial charge in [-0.2, -0.15) is 11.8 Å². The van der Waals surface area contributed by atoms with E-state index in [-0.39, 0.29) is 36.7 Å². The van der Waals surface area contributed by atoms with E-state index in [4.69, 9.17) is 11.6 Å². The zero-order valence-corrected chi connectivity index (χ0v) is 20.7. The lowest BCUT2D eigenvalue weighted by Gasteiger charge is -2.20. The van der Waals surface area contributed by atoms with Gasteiger partial charge in [-0.15, -0.1) is 23.7 Å². The maximum atomic E-state index is 12.7. The maximum Gasteiger partial charge on any atom is 0.314 e. The van der Waals surface area contributed by atoms with Crippen molar-refractivity contribution in [1.29, 1.82) is 0 Å². The summed E-state index contributed by atoms with van der Waals surface area (Å²) in [6.07, 6.45) is 4.10. The lowest BCUT2D eigenvalue weighted by atomic mass is 10.2. The first kappa shape index (κ1) is 26.3. The van der Waals surface area contributed by atoms with Crippen LogP contribution >= 0.6 is 47.1 Å². The maximum absolute atomic E-state index is 12.7. The van der Waals surface area contributed by atoms with E-state index < -0.39 is 11.8 Å². The number of aromatic nitrogens is 2. The molecule has 3 rings (SSSR count). The lowest BCUT2D eigenvalue weighted by molar-refractivity contribution is -0.136. The lowest BCUT2D eigenvalue weighted by Crippen LogP contribution is -2.47. The minimum absolute atomic E-state index is 0. The molecule has 3 amide bonds. The summed E-state index contributed by atoms with van der Waals surface area (Å²) < 4.78 is 0. The monoisotopic (exact) mass is 518 g/mol. The Morgan fingerprint density at radius 2 is 2.09 bits per heavy atom. The SMILES string of the molecule is CSC[C@H](CNC(=O)C(=O)Nc1ccc(Cl)cn1)NC(=O)c1nc2c(s1)CN(C)CC2.Cl. The molecular formula is C19H24Cl2N6O3S2. The van der Waals surface area contributed by atoms with Gasteiger partial charge in [0.1, 0.15) is 5.82 Å². The molecule has 174 valence electrons. The number of hydrogen-bond donors (Lipinski definition) is 3. The third kappa shape index (κ3) is 7.31. The number of amides is 3. The van der Waals surface area contributed by atoms with Gasteiger partial charge in [0.05, 0.1) is 16.8 Å². The van der Waals surface area contributed by atoms with E-state index in [9.17, 15) is 14.4 Å². The van der Waals surface area contributed by atoms with E-state index >= 15 is 0 Å². The number of fused-ring (bicyclic) bond motifs is 1. The Hall–Kier alpha value is -1.92. The van der Waals surface area contributed by atoms with Crippen LogP contribution in [-0.4, -0.2) is 70.8 Å². The number of nitrogens with zero attached hydrogens (tertiary/aromatic N) is 3. The summed E-state index contributed by atoms with van der Waals surface area (Å²) in [4.78, 5) is 48.6. The van der Waals surface area contributed by atoms with Crippen molar-refractivity contribution in [2.75, 3.05) is 37.5 Å². The van der Waals surface area contributed by atoms with Gasteiger partial charge in [0.2, 0.25) is 0 Å². The predicted octanol–water partition coefficient (Wildman–Crippen LogP) is 1.82. The molecule has 1 aliphatic heterocycles. The number of anilines is 1. The minimum atomic E-state index is -0.847. The Balaban J connectivity index is 0.00000363. The highest BCUT2D eigenvalue weighted by molar-refractivity contribution is 7.98. The van der Waals surface area contributed by atoms with Gasteiger partial charge in [-0.25, -0.2) is 9.97 Å². The molecule has 0 aliphatic carbocycles. The molecule has 0 spiro atoms. The first-order chi connectivity index (χ1) is 14.9. The molecular weight excluding hydrogens is 495 g/mol. The summed E-state index contributed by atoms with van der Waals surface area (Å²) in [5, 5.41) is 8.70. The van der Waals surface area contributed by atoms with Crippen LogP contribution in [0.2, 0.25) is 5.02 Å². The van der Waals surface area contributed by atoms with Crippen molar-refractivity contribution in [1.82, 2.24) is 25.5 Å². The summed E-state index contributed by atoms with van der Waals surface area (Å²) in [5.74, 6) is -1.15. The average molecular weight is 519 g/mol. The number of halogens is 2. The first-order valence-electron chi connectivity index (χ1n) is 9.53. The normalized spacial score (nSPS) is 14.0. The Morgan fingerprint density at radius 1 is 1.31 bits per heavy atom. The van der Waals surface area contributed by atoms with E-state index in [1.54, 1.807) is 6.07 Å². The first-order valence-corrected chi connectivity index (χ1v) is 12.1. The van der Waals surface area contributed by atoms with Crippen LogP contribution in [0.3, 0.4) is 0 Å². The number of nitrogens with one attached hydrogen (secondary N) is 3. The Morgan fingerprint density at radius 3 is 2.78 bits per heavy atom. The third-order valence-corrected chi connectivity index (χ3v) is 6.54. The van der Waals surface area contributed by atoms with Crippen molar-refractivity contribution < 1.29 is 14.4 Å². The predicted molar refractivity (Wildman–Crippen MR) is 130 cm³/mol. The molecule has 0 saturated heterocycles. The van der Waals surface area contributed by atoms with Gasteiger partial charge in [-0.3, -0.25) is 14.4 Å². The highest BCUT2D eigenvalue weighted by Crippen LogP contribution is 2.24. The fourth-order valence-corrected chi connectivity index (χ4v) is 4.75. The molecule has 0 radical (unpaired) electrons. The average Bonchev–Trinajstić information content (AvgIpc) is 3.17. The summed E-state index contributed by atoms with van der Waals surface area (Å²) in [6.45, 7) is 1.83. The fraction of sp³-hybridized carbons (Fsp3) is 0.421. The van der Waals surface area contributed by atoms with Crippen molar-refractivity contribution in [2.45, 2.75) is 19.0 Å². The molecule has 13 heteroatoms. The zero-order valence-electron chi connectivity index (χ0n) is 17.5. The molecule has 9 nitrogen and oxygen atoms in total. The summed E-state index contributed by atoms with van der Waals surface area (Å²) >= 11 is 8.68. The number of carbonyl (C=O) groups is 3. The quantitative estimate of drug-likeness (QED) is 0.478. The second kappa shape index (κ2) is 12.4. The molecule has 3 N–H and O–H groups in total. The van der Waals surface area contributed by atoms with Crippen LogP contribution in [0.25, 0.3) is 0 Å². The number of rotatable bonds is 7. The van der Waals surface area contributed by atoms with Crippen molar-refractivity contribution in [2.24, 2.45) is 0 Å². The largest absolute Gasteiger partial charge is 0.346 e. The molecule has 0 aromatic carbocycles. The highest BCUT2D eigenvalue weighted by Gasteiger charge is 2.23. The summed E-state index contributed by atoms with van der Waals surface area (Å²) in [6, 6.07) is 2.70. The molecule has 1 atom stereocenters.